The summed E-state index contributed by atoms with van der Waals surface area (Å²) in [6.45, 7) is 0.376. The summed E-state index contributed by atoms with van der Waals surface area (Å²) in [6.07, 6.45) is 2.53. The van der Waals surface area contributed by atoms with Crippen molar-refractivity contribution in [2.24, 2.45) is 0 Å². The first-order valence-corrected chi connectivity index (χ1v) is 20.5. The summed E-state index contributed by atoms with van der Waals surface area (Å²) in [7, 11) is 0. The number of carbonyl (C=O) groups excluding carboxylic acids is 2. The smallest absolute Gasteiger partial charge is 0.224 e. The molecule has 58 heavy (non-hydrogen) atoms. The summed E-state index contributed by atoms with van der Waals surface area (Å²) < 4.78 is 14.9. The van der Waals surface area contributed by atoms with Crippen molar-refractivity contribution < 1.29 is 24.2 Å². The van der Waals surface area contributed by atoms with Crippen LogP contribution in [0.25, 0.3) is 16.8 Å². The van der Waals surface area contributed by atoms with Crippen molar-refractivity contribution in [1.82, 2.24) is 25.5 Å². The monoisotopic (exact) mass is 797 g/mol. The van der Waals surface area contributed by atoms with Gasteiger partial charge in [0.1, 0.15) is 0 Å². The minimum absolute atomic E-state index is 0.0235. The molecule has 1 aliphatic rings. The van der Waals surface area contributed by atoms with Crippen molar-refractivity contribution in [3.8, 4) is 16.8 Å². The summed E-state index contributed by atoms with van der Waals surface area (Å²) in [6, 6.07) is 41.0. The number of rotatable bonds is 17. The zero-order valence-corrected chi connectivity index (χ0v) is 32.9. The number of aromatic nitrogens is 4. The number of aliphatic hydroxyl groups excluding tert-OH is 1. The molecular weight excluding hydrogens is 751 g/mol. The first kappa shape index (κ1) is 40.3. The maximum Gasteiger partial charge on any atom is 0.224 e. The fraction of sp³-hybridized carbons (Fsp3) is 0.267. The zero-order chi connectivity index (χ0) is 40.1. The molecular formula is C45H47N7O5S. The molecule has 12 nitrogen and oxygen atoms in total. The van der Waals surface area contributed by atoms with Crippen molar-refractivity contribution in [2.45, 2.75) is 75.3 Å². The Balaban J connectivity index is 0.950. The highest BCUT2D eigenvalue weighted by molar-refractivity contribution is 7.99. The number of hydrogen-bond donors (Lipinski definition) is 4. The van der Waals surface area contributed by atoms with Gasteiger partial charge < -0.3 is 30.9 Å². The standard InChI is InChI=1S/C45H47N7O5S/c46-39-15-9-10-16-40(39)48-43(55)18-6-2-5-17-42(54)47-28-35-11-7-8-14-38(35)32-23-25-34(26-24-32)44-56-37(27-41(57-44)33-21-19-31(29-53)20-22-33)30-58-45-49-50-51-52(45)36-12-3-1-4-13-36/h1,3-4,7-16,19-26,37,41,44,53H,2,5-6,17-18,27-30,46H2,(H,47,54)(H,48,55). The summed E-state index contributed by atoms with van der Waals surface area (Å²) in [5.74, 6) is 0.499. The topological polar surface area (TPSA) is 167 Å². The summed E-state index contributed by atoms with van der Waals surface area (Å²) in [4.78, 5) is 25.1. The largest absolute Gasteiger partial charge is 0.397 e. The Morgan fingerprint density at radius 1 is 0.793 bits per heavy atom. The highest BCUT2D eigenvalue weighted by atomic mass is 32.2. The lowest BCUT2D eigenvalue weighted by Gasteiger charge is -2.36. The van der Waals surface area contributed by atoms with Gasteiger partial charge in [0.05, 0.1) is 35.9 Å². The Hall–Kier alpha value is -5.86. The number of nitrogens with zero attached hydrogens (tertiary/aromatic N) is 4. The second-order valence-electron chi connectivity index (χ2n) is 14.1. The van der Waals surface area contributed by atoms with Crippen LogP contribution in [0.2, 0.25) is 0 Å². The van der Waals surface area contributed by atoms with Gasteiger partial charge in [0.25, 0.3) is 0 Å². The summed E-state index contributed by atoms with van der Waals surface area (Å²) in [5, 5.41) is 28.6. The molecule has 1 aromatic heterocycles. The maximum atomic E-state index is 12.8. The van der Waals surface area contributed by atoms with Crippen LogP contribution < -0.4 is 16.4 Å². The van der Waals surface area contributed by atoms with Gasteiger partial charge in [-0.05, 0) is 75.4 Å². The molecule has 298 valence electrons. The molecule has 2 heterocycles. The van der Waals surface area contributed by atoms with Gasteiger partial charge in [0.15, 0.2) is 6.29 Å². The predicted octanol–water partition coefficient (Wildman–Crippen LogP) is 7.95. The SMILES string of the molecule is Nc1ccccc1NC(=O)CCCCCC(=O)NCc1ccccc1-c1ccc(C2OC(CSc3nnnn3-c3ccccc3)CC(c3ccc(CO)cc3)O2)cc1. The number of carbonyl (C=O) groups is 2. The summed E-state index contributed by atoms with van der Waals surface area (Å²) >= 11 is 1.54. The number of aliphatic hydroxyl groups is 1. The second kappa shape index (κ2) is 20.0. The number of tetrazole rings is 1. The molecule has 1 saturated heterocycles. The summed E-state index contributed by atoms with van der Waals surface area (Å²) in [5.41, 5.74) is 13.7. The Morgan fingerprint density at radius 3 is 2.28 bits per heavy atom. The zero-order valence-electron chi connectivity index (χ0n) is 32.1. The van der Waals surface area contributed by atoms with E-state index >= 15 is 0 Å². The number of amides is 2. The van der Waals surface area contributed by atoms with Gasteiger partial charge in [-0.25, -0.2) is 0 Å². The molecule has 2 amide bonds. The van der Waals surface area contributed by atoms with E-state index in [-0.39, 0.29) is 30.6 Å². The number of para-hydroxylation sites is 3. The predicted molar refractivity (Wildman–Crippen MR) is 225 cm³/mol. The highest BCUT2D eigenvalue weighted by Gasteiger charge is 2.33. The van der Waals surface area contributed by atoms with Crippen LogP contribution in [0.5, 0.6) is 0 Å². The normalized spacial score (nSPS) is 16.5. The minimum Gasteiger partial charge on any atom is -0.397 e. The highest BCUT2D eigenvalue weighted by Crippen LogP contribution is 2.40. The van der Waals surface area contributed by atoms with E-state index in [4.69, 9.17) is 15.2 Å². The fourth-order valence-corrected chi connectivity index (χ4v) is 7.73. The Morgan fingerprint density at radius 2 is 1.50 bits per heavy atom. The molecule has 1 aliphatic heterocycles. The molecule has 5 aromatic carbocycles. The third kappa shape index (κ3) is 10.7. The molecule has 0 bridgehead atoms. The van der Waals surface area contributed by atoms with Crippen molar-refractivity contribution in [1.29, 1.82) is 0 Å². The lowest BCUT2D eigenvalue weighted by Crippen LogP contribution is -2.31. The third-order valence-corrected chi connectivity index (χ3v) is 11.0. The first-order chi connectivity index (χ1) is 28.4. The number of anilines is 2. The molecule has 7 rings (SSSR count). The van der Waals surface area contributed by atoms with Crippen LogP contribution in [0, 0.1) is 0 Å². The van der Waals surface area contributed by atoms with Gasteiger partial charge in [-0.15, -0.1) is 5.10 Å². The van der Waals surface area contributed by atoms with E-state index in [0.717, 1.165) is 45.5 Å². The van der Waals surface area contributed by atoms with Gasteiger partial charge >= 0.3 is 0 Å². The van der Waals surface area contributed by atoms with Crippen LogP contribution >= 0.6 is 11.8 Å². The fourth-order valence-electron chi connectivity index (χ4n) is 6.82. The van der Waals surface area contributed by atoms with E-state index in [9.17, 15) is 14.7 Å². The van der Waals surface area contributed by atoms with Crippen LogP contribution in [0.3, 0.4) is 0 Å². The van der Waals surface area contributed by atoms with Crippen LogP contribution in [0.4, 0.5) is 11.4 Å². The lowest BCUT2D eigenvalue weighted by atomic mass is 9.97. The van der Waals surface area contributed by atoms with Crippen LogP contribution in [0.1, 0.15) is 73.2 Å². The number of thioether (sulfide) groups is 1. The van der Waals surface area contributed by atoms with Gasteiger partial charge in [-0.2, -0.15) is 4.68 Å². The van der Waals surface area contributed by atoms with E-state index in [0.29, 0.717) is 60.9 Å². The van der Waals surface area contributed by atoms with E-state index in [2.05, 4.69) is 44.4 Å². The van der Waals surface area contributed by atoms with Gasteiger partial charge in [0.2, 0.25) is 17.0 Å². The first-order valence-electron chi connectivity index (χ1n) is 19.5. The van der Waals surface area contributed by atoms with Gasteiger partial charge in [0, 0.05) is 37.1 Å². The number of hydrogen-bond acceptors (Lipinski definition) is 10. The Bertz CT molecular complexity index is 2250. The van der Waals surface area contributed by atoms with Gasteiger partial charge in [-0.1, -0.05) is 121 Å². The third-order valence-electron chi connectivity index (χ3n) is 9.98. The quantitative estimate of drug-likeness (QED) is 0.0404. The molecule has 3 unspecified atom stereocenters. The van der Waals surface area contributed by atoms with Gasteiger partial charge in [-0.3, -0.25) is 9.59 Å². The van der Waals surface area contributed by atoms with Crippen LogP contribution in [-0.2, 0) is 32.2 Å². The second-order valence-corrected chi connectivity index (χ2v) is 15.1. The van der Waals surface area contributed by atoms with Crippen molar-refractivity contribution in [2.75, 3.05) is 16.8 Å². The van der Waals surface area contributed by atoms with Crippen molar-refractivity contribution in [3.63, 3.8) is 0 Å². The number of unbranched alkanes of at least 4 members (excludes halogenated alkanes) is 2. The minimum atomic E-state index is -0.618. The van der Waals surface area contributed by atoms with Crippen molar-refractivity contribution >= 4 is 35.0 Å². The maximum absolute atomic E-state index is 12.8. The average molecular weight is 798 g/mol. The van der Waals surface area contributed by atoms with Crippen LogP contribution in [0.15, 0.2) is 133 Å². The molecule has 0 aliphatic carbocycles. The molecule has 1 fully saturated rings. The lowest BCUT2D eigenvalue weighted by molar-refractivity contribution is -0.245. The Labute approximate surface area is 342 Å². The molecule has 0 saturated carbocycles. The molecule has 5 N–H and O–H groups in total. The van der Waals surface area contributed by atoms with Crippen molar-refractivity contribution in [3.05, 3.63) is 150 Å². The van der Waals surface area contributed by atoms with E-state index in [1.165, 1.54) is 11.8 Å². The van der Waals surface area contributed by atoms with E-state index < -0.39 is 6.29 Å². The number of nitrogens with two attached hydrogens (primary N) is 1. The number of ether oxygens (including phenoxy) is 2. The number of benzene rings is 5. The molecule has 0 radical (unpaired) electrons. The van der Waals surface area contributed by atoms with E-state index in [1.807, 2.05) is 97.1 Å². The molecule has 13 heteroatoms. The van der Waals surface area contributed by atoms with E-state index in [1.54, 1.807) is 16.8 Å². The molecule has 3 atom stereocenters. The average Bonchev–Trinajstić information content (AvgIpc) is 3.75. The molecule has 0 spiro atoms. The number of nitrogen functional groups attached to an aromatic ring is 1. The number of nitrogens with one attached hydrogen (secondary N) is 2. The Kier molecular flexibility index (Phi) is 13.9. The molecule has 6 aromatic rings. The van der Waals surface area contributed by atoms with Crippen LogP contribution in [-0.4, -0.2) is 49.0 Å².